The SMILES string of the molecule is COC(=O)C(C)(C)c1ccc2c(c1)N(C)C(=O)CO2. The highest BCUT2D eigenvalue weighted by atomic mass is 16.5. The minimum Gasteiger partial charge on any atom is -0.482 e. The van der Waals surface area contributed by atoms with Crippen molar-refractivity contribution >= 4 is 17.6 Å². The first kappa shape index (κ1) is 13.4. The van der Waals surface area contributed by atoms with Gasteiger partial charge < -0.3 is 14.4 Å². The fourth-order valence-corrected chi connectivity index (χ4v) is 2.03. The fourth-order valence-electron chi connectivity index (χ4n) is 2.03. The van der Waals surface area contributed by atoms with Crippen molar-refractivity contribution in [1.29, 1.82) is 0 Å². The molecule has 2 rings (SSSR count). The van der Waals surface area contributed by atoms with Crippen LogP contribution in [-0.2, 0) is 19.7 Å². The molecule has 0 N–H and O–H groups in total. The Bertz CT molecular complexity index is 536. The number of benzene rings is 1. The van der Waals surface area contributed by atoms with Gasteiger partial charge >= 0.3 is 5.97 Å². The number of methoxy groups -OCH3 is 1. The lowest BCUT2D eigenvalue weighted by atomic mass is 9.84. The van der Waals surface area contributed by atoms with Gasteiger partial charge in [-0.2, -0.15) is 0 Å². The van der Waals surface area contributed by atoms with Crippen LogP contribution in [0.15, 0.2) is 18.2 Å². The molecule has 102 valence electrons. The monoisotopic (exact) mass is 263 g/mol. The Balaban J connectivity index is 2.46. The van der Waals surface area contributed by atoms with Gasteiger partial charge in [0.05, 0.1) is 18.2 Å². The predicted molar refractivity (Wildman–Crippen MR) is 70.4 cm³/mol. The van der Waals surface area contributed by atoms with E-state index in [-0.39, 0.29) is 18.5 Å². The van der Waals surface area contributed by atoms with Gasteiger partial charge in [-0.05, 0) is 31.5 Å². The molecule has 0 bridgehead atoms. The maximum atomic E-state index is 11.8. The van der Waals surface area contributed by atoms with Gasteiger partial charge in [-0.15, -0.1) is 0 Å². The number of amides is 1. The summed E-state index contributed by atoms with van der Waals surface area (Å²) >= 11 is 0. The van der Waals surface area contributed by atoms with Crippen LogP contribution >= 0.6 is 0 Å². The molecule has 5 heteroatoms. The molecule has 0 atom stereocenters. The largest absolute Gasteiger partial charge is 0.482 e. The first-order valence-corrected chi connectivity index (χ1v) is 6.00. The maximum Gasteiger partial charge on any atom is 0.315 e. The fraction of sp³-hybridized carbons (Fsp3) is 0.429. The molecule has 1 aromatic rings. The van der Waals surface area contributed by atoms with Crippen molar-refractivity contribution in [2.45, 2.75) is 19.3 Å². The highest BCUT2D eigenvalue weighted by molar-refractivity contribution is 5.97. The zero-order chi connectivity index (χ0) is 14.2. The van der Waals surface area contributed by atoms with Crippen LogP contribution in [0.2, 0.25) is 0 Å². The van der Waals surface area contributed by atoms with E-state index in [0.717, 1.165) is 5.56 Å². The summed E-state index contributed by atoms with van der Waals surface area (Å²) in [5.74, 6) is 0.213. The standard InChI is InChI=1S/C14H17NO4/c1-14(2,13(17)18-4)9-5-6-11-10(7-9)15(3)12(16)8-19-11/h5-7H,8H2,1-4H3. The Morgan fingerprint density at radius 1 is 1.42 bits per heavy atom. The van der Waals surface area contributed by atoms with E-state index < -0.39 is 5.41 Å². The zero-order valence-electron chi connectivity index (χ0n) is 11.5. The van der Waals surface area contributed by atoms with E-state index in [9.17, 15) is 9.59 Å². The van der Waals surface area contributed by atoms with Crippen LogP contribution in [0.4, 0.5) is 5.69 Å². The van der Waals surface area contributed by atoms with Gasteiger partial charge in [-0.1, -0.05) is 6.07 Å². The van der Waals surface area contributed by atoms with Crippen LogP contribution in [0.5, 0.6) is 5.75 Å². The van der Waals surface area contributed by atoms with E-state index in [2.05, 4.69) is 0 Å². The molecule has 0 radical (unpaired) electrons. The van der Waals surface area contributed by atoms with E-state index >= 15 is 0 Å². The van der Waals surface area contributed by atoms with Crippen molar-refractivity contribution in [3.05, 3.63) is 23.8 Å². The summed E-state index contributed by atoms with van der Waals surface area (Å²) in [6.07, 6.45) is 0. The van der Waals surface area contributed by atoms with Crippen LogP contribution in [0.1, 0.15) is 19.4 Å². The van der Waals surface area contributed by atoms with Crippen LogP contribution in [0.25, 0.3) is 0 Å². The Kier molecular flexibility index (Phi) is 3.22. The quantitative estimate of drug-likeness (QED) is 0.759. The van der Waals surface area contributed by atoms with Gasteiger partial charge in [0.2, 0.25) is 0 Å². The smallest absolute Gasteiger partial charge is 0.315 e. The molecular weight excluding hydrogens is 246 g/mol. The molecule has 0 aliphatic carbocycles. The minimum absolute atomic E-state index is 0.0449. The Morgan fingerprint density at radius 3 is 2.74 bits per heavy atom. The summed E-state index contributed by atoms with van der Waals surface area (Å²) in [7, 11) is 3.06. The van der Waals surface area contributed by atoms with Gasteiger partial charge in [-0.25, -0.2) is 0 Å². The molecule has 0 aromatic heterocycles. The summed E-state index contributed by atoms with van der Waals surface area (Å²) in [5, 5.41) is 0. The van der Waals surface area contributed by atoms with E-state index in [1.54, 1.807) is 33.0 Å². The molecule has 1 heterocycles. The Morgan fingerprint density at radius 2 is 2.11 bits per heavy atom. The second-order valence-electron chi connectivity index (χ2n) is 5.04. The molecule has 0 fully saturated rings. The molecule has 5 nitrogen and oxygen atoms in total. The lowest BCUT2D eigenvalue weighted by Gasteiger charge is -2.29. The van der Waals surface area contributed by atoms with Crippen molar-refractivity contribution in [2.75, 3.05) is 25.7 Å². The summed E-state index contributed by atoms with van der Waals surface area (Å²) in [6.45, 7) is 3.61. The molecule has 0 saturated carbocycles. The van der Waals surface area contributed by atoms with Crippen LogP contribution < -0.4 is 9.64 Å². The summed E-state index contributed by atoms with van der Waals surface area (Å²) in [5.41, 5.74) is 0.680. The van der Waals surface area contributed by atoms with E-state index in [4.69, 9.17) is 9.47 Å². The van der Waals surface area contributed by atoms with Gasteiger partial charge in [0.25, 0.3) is 5.91 Å². The van der Waals surface area contributed by atoms with Gasteiger partial charge in [0, 0.05) is 7.05 Å². The number of ether oxygens (including phenoxy) is 2. The van der Waals surface area contributed by atoms with Crippen molar-refractivity contribution in [3.8, 4) is 5.75 Å². The van der Waals surface area contributed by atoms with Gasteiger partial charge in [-0.3, -0.25) is 9.59 Å². The minimum atomic E-state index is -0.773. The van der Waals surface area contributed by atoms with Crippen LogP contribution in [0.3, 0.4) is 0 Å². The maximum absolute atomic E-state index is 11.8. The number of fused-ring (bicyclic) bond motifs is 1. The number of rotatable bonds is 2. The van der Waals surface area contributed by atoms with Crippen LogP contribution in [-0.4, -0.2) is 32.6 Å². The summed E-state index contributed by atoms with van der Waals surface area (Å²) in [6, 6.07) is 5.39. The third kappa shape index (κ3) is 2.16. The number of anilines is 1. The molecule has 0 saturated heterocycles. The number of likely N-dealkylation sites (N-methyl/N-ethyl adjacent to an activating group) is 1. The zero-order valence-corrected chi connectivity index (χ0v) is 11.5. The van der Waals surface area contributed by atoms with E-state index in [1.165, 1.54) is 12.0 Å². The van der Waals surface area contributed by atoms with Gasteiger partial charge in [0.1, 0.15) is 5.75 Å². The van der Waals surface area contributed by atoms with E-state index in [1.807, 2.05) is 6.07 Å². The third-order valence-electron chi connectivity index (χ3n) is 3.46. The topological polar surface area (TPSA) is 55.8 Å². The summed E-state index contributed by atoms with van der Waals surface area (Å²) in [4.78, 5) is 25.0. The number of carbonyl (C=O) groups is 2. The number of esters is 1. The molecule has 19 heavy (non-hydrogen) atoms. The second-order valence-corrected chi connectivity index (χ2v) is 5.04. The lowest BCUT2D eigenvalue weighted by molar-refractivity contribution is -0.146. The molecule has 1 aliphatic heterocycles. The normalized spacial score (nSPS) is 14.7. The van der Waals surface area contributed by atoms with E-state index in [0.29, 0.717) is 11.4 Å². The average molecular weight is 263 g/mol. The third-order valence-corrected chi connectivity index (χ3v) is 3.46. The highest BCUT2D eigenvalue weighted by Crippen LogP contribution is 2.36. The first-order valence-electron chi connectivity index (χ1n) is 6.00. The Hall–Kier alpha value is -2.04. The molecular formula is C14H17NO4. The molecule has 0 spiro atoms. The highest BCUT2D eigenvalue weighted by Gasteiger charge is 2.33. The average Bonchev–Trinajstić information content (AvgIpc) is 2.41. The van der Waals surface area contributed by atoms with Gasteiger partial charge in [0.15, 0.2) is 6.61 Å². The Labute approximate surface area is 112 Å². The van der Waals surface area contributed by atoms with Crippen molar-refractivity contribution in [3.63, 3.8) is 0 Å². The predicted octanol–water partition coefficient (Wildman–Crippen LogP) is 1.49. The first-order chi connectivity index (χ1) is 8.87. The molecule has 1 aromatic carbocycles. The number of carbonyl (C=O) groups excluding carboxylic acids is 2. The molecule has 1 amide bonds. The molecule has 1 aliphatic rings. The second kappa shape index (κ2) is 4.57. The number of nitrogens with zero attached hydrogens (tertiary/aromatic N) is 1. The lowest BCUT2D eigenvalue weighted by Crippen LogP contribution is -2.36. The van der Waals surface area contributed by atoms with Crippen molar-refractivity contribution < 1.29 is 19.1 Å². The molecule has 0 unspecified atom stereocenters. The van der Waals surface area contributed by atoms with Crippen molar-refractivity contribution in [1.82, 2.24) is 0 Å². The summed E-state index contributed by atoms with van der Waals surface area (Å²) < 4.78 is 10.2. The number of hydrogen-bond donors (Lipinski definition) is 0. The van der Waals surface area contributed by atoms with Crippen LogP contribution in [0, 0.1) is 0 Å². The number of hydrogen-bond acceptors (Lipinski definition) is 4. The van der Waals surface area contributed by atoms with Crippen molar-refractivity contribution in [2.24, 2.45) is 0 Å².